The molecular formula is C20H18FNO5. The summed E-state index contributed by atoms with van der Waals surface area (Å²) in [7, 11) is 0. The molecule has 2 aromatic carbocycles. The van der Waals surface area contributed by atoms with Crippen LogP contribution in [-0.4, -0.2) is 23.6 Å². The van der Waals surface area contributed by atoms with E-state index in [1.165, 1.54) is 18.2 Å². The number of benzene rings is 2. The number of amides is 1. The van der Waals surface area contributed by atoms with Gasteiger partial charge in [-0.1, -0.05) is 6.07 Å². The highest BCUT2D eigenvalue weighted by Crippen LogP contribution is 2.30. The van der Waals surface area contributed by atoms with Crippen molar-refractivity contribution in [1.82, 2.24) is 5.32 Å². The van der Waals surface area contributed by atoms with Crippen molar-refractivity contribution in [2.45, 2.75) is 19.9 Å². The van der Waals surface area contributed by atoms with Gasteiger partial charge in [-0.3, -0.25) is 4.79 Å². The van der Waals surface area contributed by atoms with E-state index in [1.54, 1.807) is 31.2 Å². The third-order valence-corrected chi connectivity index (χ3v) is 4.13. The van der Waals surface area contributed by atoms with E-state index in [0.29, 0.717) is 22.3 Å². The fraction of sp³-hybridized carbons (Fsp3) is 0.200. The van der Waals surface area contributed by atoms with Crippen LogP contribution in [0.3, 0.4) is 0 Å². The molecule has 0 bridgehead atoms. The number of aliphatic carboxylic acids is 1. The highest BCUT2D eigenvalue weighted by atomic mass is 19.1. The Hall–Kier alpha value is -3.35. The molecule has 7 heteroatoms. The second-order valence-corrected chi connectivity index (χ2v) is 6.14. The molecule has 0 saturated heterocycles. The second kappa shape index (κ2) is 7.49. The van der Waals surface area contributed by atoms with Gasteiger partial charge in [0, 0.05) is 16.5 Å². The molecule has 140 valence electrons. The number of carbonyl (C=O) groups is 2. The summed E-state index contributed by atoms with van der Waals surface area (Å²) in [6, 6.07) is 10.1. The van der Waals surface area contributed by atoms with Crippen LogP contribution in [0.25, 0.3) is 11.0 Å². The van der Waals surface area contributed by atoms with Crippen molar-refractivity contribution < 1.29 is 28.2 Å². The highest BCUT2D eigenvalue weighted by Gasteiger charge is 2.19. The van der Waals surface area contributed by atoms with Crippen molar-refractivity contribution >= 4 is 22.8 Å². The Kier molecular flexibility index (Phi) is 5.12. The Labute approximate surface area is 154 Å². The van der Waals surface area contributed by atoms with E-state index in [1.807, 2.05) is 6.92 Å². The molecule has 0 aliphatic carbocycles. The fourth-order valence-electron chi connectivity index (χ4n) is 2.84. The highest BCUT2D eigenvalue weighted by molar-refractivity contribution is 5.95. The summed E-state index contributed by atoms with van der Waals surface area (Å²) in [6.07, 6.45) is 0. The molecule has 3 aromatic rings. The van der Waals surface area contributed by atoms with Gasteiger partial charge in [-0.25, -0.2) is 9.18 Å². The van der Waals surface area contributed by atoms with Gasteiger partial charge < -0.3 is 19.6 Å². The SMILES string of the molecule is Cc1c([C@@H](C)NC(=O)c2cccc(OCC(=O)O)c2)oc2ccc(F)cc12. The summed E-state index contributed by atoms with van der Waals surface area (Å²) in [5, 5.41) is 12.1. The molecule has 1 aromatic heterocycles. The first-order valence-electron chi connectivity index (χ1n) is 8.29. The molecule has 0 saturated carbocycles. The predicted octanol–water partition coefficient (Wildman–Crippen LogP) is 3.83. The van der Waals surface area contributed by atoms with E-state index >= 15 is 0 Å². The van der Waals surface area contributed by atoms with Crippen LogP contribution in [0.1, 0.15) is 34.6 Å². The van der Waals surface area contributed by atoms with Crippen LogP contribution in [0, 0.1) is 12.7 Å². The normalized spacial score (nSPS) is 12.0. The van der Waals surface area contributed by atoms with Crippen LogP contribution in [0.2, 0.25) is 0 Å². The zero-order valence-electron chi connectivity index (χ0n) is 14.8. The lowest BCUT2D eigenvalue weighted by Gasteiger charge is -2.13. The number of carboxylic acids is 1. The van der Waals surface area contributed by atoms with Crippen LogP contribution < -0.4 is 10.1 Å². The number of furan rings is 1. The molecule has 6 nitrogen and oxygen atoms in total. The summed E-state index contributed by atoms with van der Waals surface area (Å²) >= 11 is 0. The van der Waals surface area contributed by atoms with E-state index in [4.69, 9.17) is 14.3 Å². The van der Waals surface area contributed by atoms with Gasteiger partial charge in [0.15, 0.2) is 6.61 Å². The number of fused-ring (bicyclic) bond motifs is 1. The van der Waals surface area contributed by atoms with Crippen LogP contribution in [0.5, 0.6) is 5.75 Å². The van der Waals surface area contributed by atoms with Gasteiger partial charge in [-0.15, -0.1) is 0 Å². The molecule has 0 unspecified atom stereocenters. The maximum atomic E-state index is 13.4. The first kappa shape index (κ1) is 18.4. The van der Waals surface area contributed by atoms with Crippen LogP contribution in [-0.2, 0) is 4.79 Å². The summed E-state index contributed by atoms with van der Waals surface area (Å²) in [5.41, 5.74) is 1.63. The quantitative estimate of drug-likeness (QED) is 0.687. The number of rotatable bonds is 6. The number of carboxylic acid groups (broad SMARTS) is 1. The summed E-state index contributed by atoms with van der Waals surface area (Å²) < 4.78 is 24.3. The molecular weight excluding hydrogens is 353 g/mol. The minimum absolute atomic E-state index is 0.285. The summed E-state index contributed by atoms with van der Waals surface area (Å²) in [6.45, 7) is 3.09. The number of halogens is 1. The Bertz CT molecular complexity index is 1010. The molecule has 3 rings (SSSR count). The first-order valence-corrected chi connectivity index (χ1v) is 8.29. The lowest BCUT2D eigenvalue weighted by atomic mass is 10.1. The molecule has 2 N–H and O–H groups in total. The molecule has 0 aliphatic rings. The Morgan fingerprint density at radius 3 is 2.78 bits per heavy atom. The van der Waals surface area contributed by atoms with E-state index < -0.39 is 18.6 Å². The van der Waals surface area contributed by atoms with Crippen LogP contribution in [0.15, 0.2) is 46.9 Å². The van der Waals surface area contributed by atoms with Gasteiger partial charge in [0.25, 0.3) is 5.91 Å². The van der Waals surface area contributed by atoms with E-state index in [0.717, 1.165) is 5.56 Å². The maximum absolute atomic E-state index is 13.4. The standard InChI is InChI=1S/C20H18FNO5/c1-11-16-9-14(21)6-7-17(16)27-19(11)12(2)22-20(25)13-4-3-5-15(8-13)26-10-18(23)24/h3-9,12H,10H2,1-2H3,(H,22,25)(H,23,24)/t12-/m1/s1. The minimum atomic E-state index is -1.10. The summed E-state index contributed by atoms with van der Waals surface area (Å²) in [5.74, 6) is -0.993. The lowest BCUT2D eigenvalue weighted by molar-refractivity contribution is -0.139. The Morgan fingerprint density at radius 1 is 1.26 bits per heavy atom. The number of ether oxygens (including phenoxy) is 1. The zero-order chi connectivity index (χ0) is 19.6. The Balaban J connectivity index is 1.77. The third-order valence-electron chi connectivity index (χ3n) is 4.13. The molecule has 0 spiro atoms. The maximum Gasteiger partial charge on any atom is 0.341 e. The average Bonchev–Trinajstić information content (AvgIpc) is 2.96. The van der Waals surface area contributed by atoms with Crippen molar-refractivity contribution in [3.63, 3.8) is 0 Å². The number of carbonyl (C=O) groups excluding carboxylic acids is 1. The predicted molar refractivity (Wildman–Crippen MR) is 96.4 cm³/mol. The minimum Gasteiger partial charge on any atom is -0.482 e. The summed E-state index contributed by atoms with van der Waals surface area (Å²) in [4.78, 5) is 23.1. The van der Waals surface area contributed by atoms with Gasteiger partial charge in [-0.2, -0.15) is 0 Å². The molecule has 1 atom stereocenters. The van der Waals surface area contributed by atoms with Crippen LogP contribution >= 0.6 is 0 Å². The third kappa shape index (κ3) is 4.08. The number of aryl methyl sites for hydroxylation is 1. The number of hydrogen-bond acceptors (Lipinski definition) is 4. The van der Waals surface area contributed by atoms with Gasteiger partial charge in [-0.05, 0) is 50.2 Å². The topological polar surface area (TPSA) is 88.8 Å². The Morgan fingerprint density at radius 2 is 2.04 bits per heavy atom. The van der Waals surface area contributed by atoms with E-state index in [9.17, 15) is 14.0 Å². The van der Waals surface area contributed by atoms with Crippen molar-refractivity contribution in [3.05, 3.63) is 65.2 Å². The first-order chi connectivity index (χ1) is 12.8. The molecule has 0 fully saturated rings. The van der Waals surface area contributed by atoms with Gasteiger partial charge in [0.05, 0.1) is 6.04 Å². The smallest absolute Gasteiger partial charge is 0.341 e. The monoisotopic (exact) mass is 371 g/mol. The van der Waals surface area contributed by atoms with E-state index in [-0.39, 0.29) is 17.5 Å². The molecule has 1 heterocycles. The van der Waals surface area contributed by atoms with Crippen molar-refractivity contribution in [2.24, 2.45) is 0 Å². The van der Waals surface area contributed by atoms with Gasteiger partial charge in [0.2, 0.25) is 0 Å². The lowest BCUT2D eigenvalue weighted by Crippen LogP contribution is -2.26. The van der Waals surface area contributed by atoms with Gasteiger partial charge in [0.1, 0.15) is 22.9 Å². The van der Waals surface area contributed by atoms with Crippen molar-refractivity contribution in [2.75, 3.05) is 6.61 Å². The molecule has 0 aliphatic heterocycles. The van der Waals surface area contributed by atoms with Gasteiger partial charge >= 0.3 is 5.97 Å². The second-order valence-electron chi connectivity index (χ2n) is 6.14. The molecule has 27 heavy (non-hydrogen) atoms. The average molecular weight is 371 g/mol. The van der Waals surface area contributed by atoms with Crippen molar-refractivity contribution in [3.8, 4) is 5.75 Å². The fourth-order valence-corrected chi connectivity index (χ4v) is 2.84. The largest absolute Gasteiger partial charge is 0.482 e. The number of nitrogens with one attached hydrogen (secondary N) is 1. The van der Waals surface area contributed by atoms with Crippen LogP contribution in [0.4, 0.5) is 4.39 Å². The molecule has 1 amide bonds. The number of hydrogen-bond donors (Lipinski definition) is 2. The zero-order valence-corrected chi connectivity index (χ0v) is 14.8. The molecule has 0 radical (unpaired) electrons. The van der Waals surface area contributed by atoms with Crippen molar-refractivity contribution in [1.29, 1.82) is 0 Å². The van der Waals surface area contributed by atoms with E-state index in [2.05, 4.69) is 5.32 Å².